The molecular weight excluding hydrogens is 230 g/mol. The minimum atomic E-state index is -0.300. The Hall–Kier alpha value is -1.43. The quantitative estimate of drug-likeness (QED) is 0.630. The molecule has 1 saturated carbocycles. The maximum Gasteiger partial charge on any atom is 0.227 e. The maximum atomic E-state index is 12.1. The van der Waals surface area contributed by atoms with Gasteiger partial charge in [0.2, 0.25) is 5.91 Å². The van der Waals surface area contributed by atoms with E-state index in [1.54, 1.807) is 0 Å². The van der Waals surface area contributed by atoms with E-state index >= 15 is 0 Å². The molecule has 0 saturated heterocycles. The normalized spacial score (nSPS) is 26.7. The van der Waals surface area contributed by atoms with E-state index < -0.39 is 0 Å². The van der Waals surface area contributed by atoms with Crippen LogP contribution in [0.25, 0.3) is 0 Å². The molecule has 100 valence electrons. The summed E-state index contributed by atoms with van der Waals surface area (Å²) in [6, 6.07) is 0. The molecule has 1 aliphatic carbocycles. The first-order valence-electron chi connectivity index (χ1n) is 6.49. The van der Waals surface area contributed by atoms with Gasteiger partial charge in [0.05, 0.1) is 5.41 Å². The Morgan fingerprint density at radius 1 is 1.67 bits per heavy atom. The van der Waals surface area contributed by atoms with Gasteiger partial charge in [0.25, 0.3) is 0 Å². The number of hydrogen-bond acceptors (Lipinski definition) is 4. The van der Waals surface area contributed by atoms with E-state index in [1.165, 1.54) is 6.33 Å². The molecule has 18 heavy (non-hydrogen) atoms. The summed E-state index contributed by atoms with van der Waals surface area (Å²) in [5.74, 6) is 1.59. The highest BCUT2D eigenvalue weighted by Crippen LogP contribution is 2.44. The maximum absolute atomic E-state index is 12.1. The first-order chi connectivity index (χ1) is 8.66. The number of nitrogens with two attached hydrogens (primary N) is 1. The average molecular weight is 251 g/mol. The van der Waals surface area contributed by atoms with E-state index in [2.05, 4.69) is 27.4 Å². The predicted octanol–water partition coefficient (Wildman–Crippen LogP) is 0.229. The van der Waals surface area contributed by atoms with Gasteiger partial charge in [-0.1, -0.05) is 6.92 Å². The number of aryl methyl sites for hydroxylation is 1. The lowest BCUT2D eigenvalue weighted by atomic mass is 9.62. The number of hydrogen-bond donors (Lipinski definition) is 3. The zero-order valence-electron chi connectivity index (χ0n) is 10.8. The van der Waals surface area contributed by atoms with Gasteiger partial charge in [-0.25, -0.2) is 4.98 Å². The molecule has 0 radical (unpaired) electrons. The summed E-state index contributed by atoms with van der Waals surface area (Å²) in [5, 5.41) is 9.56. The summed E-state index contributed by atoms with van der Waals surface area (Å²) >= 11 is 0. The van der Waals surface area contributed by atoms with E-state index in [1.807, 2.05) is 0 Å². The van der Waals surface area contributed by atoms with Crippen molar-refractivity contribution in [2.75, 3.05) is 13.1 Å². The standard InChI is InChI=1S/C12H21N5O/c1-9-5-12(6-9,7-13)11(18)14-4-2-3-10-15-8-16-17-10/h8-9H,2-7,13H2,1H3,(H,14,18)(H,15,16,17). The Balaban J connectivity index is 1.68. The van der Waals surface area contributed by atoms with Crippen molar-refractivity contribution >= 4 is 5.91 Å². The highest BCUT2D eigenvalue weighted by molar-refractivity contribution is 5.83. The summed E-state index contributed by atoms with van der Waals surface area (Å²) in [6.45, 7) is 3.27. The Bertz CT molecular complexity index is 383. The third-order valence-corrected chi connectivity index (χ3v) is 3.69. The summed E-state index contributed by atoms with van der Waals surface area (Å²) in [7, 11) is 0. The zero-order chi connectivity index (χ0) is 13.0. The second-order valence-electron chi connectivity index (χ2n) is 5.29. The third kappa shape index (κ3) is 2.69. The molecule has 1 amide bonds. The second-order valence-corrected chi connectivity index (χ2v) is 5.29. The molecule has 1 fully saturated rings. The Morgan fingerprint density at radius 3 is 3.00 bits per heavy atom. The molecule has 4 N–H and O–H groups in total. The van der Waals surface area contributed by atoms with Crippen LogP contribution in [0, 0.1) is 11.3 Å². The zero-order valence-corrected chi connectivity index (χ0v) is 10.8. The first-order valence-corrected chi connectivity index (χ1v) is 6.49. The largest absolute Gasteiger partial charge is 0.356 e. The number of aromatic nitrogens is 3. The molecule has 0 aliphatic heterocycles. The van der Waals surface area contributed by atoms with E-state index in [4.69, 9.17) is 5.73 Å². The van der Waals surface area contributed by atoms with Crippen molar-refractivity contribution in [3.05, 3.63) is 12.2 Å². The van der Waals surface area contributed by atoms with Crippen LogP contribution in [0.3, 0.4) is 0 Å². The minimum Gasteiger partial charge on any atom is -0.356 e. The average Bonchev–Trinajstić information content (AvgIpc) is 2.83. The molecule has 1 aliphatic rings. The van der Waals surface area contributed by atoms with E-state index in [-0.39, 0.29) is 11.3 Å². The predicted molar refractivity (Wildman–Crippen MR) is 67.6 cm³/mol. The van der Waals surface area contributed by atoms with Gasteiger partial charge >= 0.3 is 0 Å². The fourth-order valence-electron chi connectivity index (χ4n) is 2.72. The molecular formula is C12H21N5O. The van der Waals surface area contributed by atoms with Crippen molar-refractivity contribution in [2.24, 2.45) is 17.1 Å². The van der Waals surface area contributed by atoms with Crippen LogP contribution >= 0.6 is 0 Å². The number of amides is 1. The molecule has 0 aromatic carbocycles. The lowest BCUT2D eigenvalue weighted by molar-refractivity contribution is -0.138. The summed E-state index contributed by atoms with van der Waals surface area (Å²) in [5.41, 5.74) is 5.43. The number of H-pyrrole nitrogens is 1. The van der Waals surface area contributed by atoms with Crippen LogP contribution in [0.4, 0.5) is 0 Å². The smallest absolute Gasteiger partial charge is 0.227 e. The van der Waals surface area contributed by atoms with Crippen molar-refractivity contribution in [3.8, 4) is 0 Å². The Labute approximate surface area is 107 Å². The highest BCUT2D eigenvalue weighted by atomic mass is 16.2. The minimum absolute atomic E-state index is 0.112. The van der Waals surface area contributed by atoms with Crippen LogP contribution in [0.2, 0.25) is 0 Å². The molecule has 0 bridgehead atoms. The SMILES string of the molecule is CC1CC(CN)(C(=O)NCCCc2ncn[nH]2)C1. The van der Waals surface area contributed by atoms with Crippen molar-refractivity contribution in [2.45, 2.75) is 32.6 Å². The van der Waals surface area contributed by atoms with Crippen molar-refractivity contribution in [3.63, 3.8) is 0 Å². The van der Waals surface area contributed by atoms with Gasteiger partial charge in [-0.3, -0.25) is 9.89 Å². The van der Waals surface area contributed by atoms with Crippen LogP contribution in [0.5, 0.6) is 0 Å². The molecule has 1 heterocycles. The van der Waals surface area contributed by atoms with Crippen molar-refractivity contribution in [1.29, 1.82) is 0 Å². The van der Waals surface area contributed by atoms with Gasteiger partial charge in [-0.05, 0) is 25.2 Å². The summed E-state index contributed by atoms with van der Waals surface area (Å²) in [6.07, 6.45) is 4.98. The van der Waals surface area contributed by atoms with Gasteiger partial charge in [0, 0.05) is 19.5 Å². The number of carbonyl (C=O) groups is 1. The van der Waals surface area contributed by atoms with Gasteiger partial charge in [-0.2, -0.15) is 5.10 Å². The summed E-state index contributed by atoms with van der Waals surface area (Å²) in [4.78, 5) is 16.1. The van der Waals surface area contributed by atoms with Crippen molar-refractivity contribution in [1.82, 2.24) is 20.5 Å². The van der Waals surface area contributed by atoms with Crippen LogP contribution in [0.1, 0.15) is 32.0 Å². The van der Waals surface area contributed by atoms with Crippen LogP contribution in [0.15, 0.2) is 6.33 Å². The first kappa shape index (κ1) is 13.0. The van der Waals surface area contributed by atoms with E-state index in [9.17, 15) is 4.79 Å². The summed E-state index contributed by atoms with van der Waals surface area (Å²) < 4.78 is 0. The molecule has 0 spiro atoms. The number of rotatable bonds is 6. The number of carbonyl (C=O) groups excluding carboxylic acids is 1. The van der Waals surface area contributed by atoms with Crippen molar-refractivity contribution < 1.29 is 4.79 Å². The van der Waals surface area contributed by atoms with Crippen LogP contribution in [-0.4, -0.2) is 34.2 Å². The fraction of sp³-hybridized carbons (Fsp3) is 0.750. The molecule has 6 nitrogen and oxygen atoms in total. The number of nitrogens with zero attached hydrogens (tertiary/aromatic N) is 2. The molecule has 1 aromatic heterocycles. The second kappa shape index (κ2) is 5.48. The van der Waals surface area contributed by atoms with E-state index in [0.29, 0.717) is 19.0 Å². The van der Waals surface area contributed by atoms with Crippen LogP contribution in [-0.2, 0) is 11.2 Å². The molecule has 1 aromatic rings. The number of aromatic amines is 1. The van der Waals surface area contributed by atoms with Gasteiger partial charge in [0.1, 0.15) is 12.2 Å². The van der Waals surface area contributed by atoms with Gasteiger partial charge in [-0.15, -0.1) is 0 Å². The third-order valence-electron chi connectivity index (χ3n) is 3.69. The molecule has 6 heteroatoms. The van der Waals surface area contributed by atoms with Gasteiger partial charge < -0.3 is 11.1 Å². The Kier molecular flexibility index (Phi) is 3.96. The lowest BCUT2D eigenvalue weighted by Gasteiger charge is -2.44. The van der Waals surface area contributed by atoms with E-state index in [0.717, 1.165) is 31.5 Å². The molecule has 0 atom stereocenters. The highest BCUT2D eigenvalue weighted by Gasteiger charge is 2.46. The molecule has 2 rings (SSSR count). The fourth-order valence-corrected chi connectivity index (χ4v) is 2.72. The van der Waals surface area contributed by atoms with Gasteiger partial charge in [0.15, 0.2) is 0 Å². The number of nitrogens with one attached hydrogen (secondary N) is 2. The Morgan fingerprint density at radius 2 is 2.44 bits per heavy atom. The molecule has 0 unspecified atom stereocenters. The lowest BCUT2D eigenvalue weighted by Crippen LogP contribution is -2.53. The topological polar surface area (TPSA) is 96.7 Å². The monoisotopic (exact) mass is 251 g/mol. The van der Waals surface area contributed by atoms with Crippen LogP contribution < -0.4 is 11.1 Å².